The van der Waals surface area contributed by atoms with Crippen LogP contribution in [-0.4, -0.2) is 36.5 Å². The molecule has 17 heavy (non-hydrogen) atoms. The normalized spacial score (nSPS) is 19.8. The summed E-state index contributed by atoms with van der Waals surface area (Å²) in [5.41, 5.74) is 0. The van der Waals surface area contributed by atoms with E-state index in [0.717, 1.165) is 25.7 Å². The van der Waals surface area contributed by atoms with Gasteiger partial charge in [-0.15, -0.1) is 6.58 Å². The summed E-state index contributed by atoms with van der Waals surface area (Å²) in [6, 6.07) is 0. The summed E-state index contributed by atoms with van der Waals surface area (Å²) in [6.07, 6.45) is 5.99. The van der Waals surface area contributed by atoms with Gasteiger partial charge in [0.1, 0.15) is 0 Å². The second-order valence-electron chi connectivity index (χ2n) is 4.35. The van der Waals surface area contributed by atoms with E-state index in [1.807, 2.05) is 6.08 Å². The highest BCUT2D eigenvalue weighted by molar-refractivity contribution is 6.32. The van der Waals surface area contributed by atoms with Crippen molar-refractivity contribution >= 4 is 11.9 Å². The zero-order chi connectivity index (χ0) is 12.7. The summed E-state index contributed by atoms with van der Waals surface area (Å²) in [6.45, 7) is 6.99. The first-order valence-corrected chi connectivity index (χ1v) is 6.26. The number of nitrogens with zero attached hydrogens (tertiary/aromatic N) is 1. The van der Waals surface area contributed by atoms with Crippen LogP contribution in [0, 0.1) is 5.92 Å². The van der Waals surface area contributed by atoms with Crippen molar-refractivity contribution < 1.29 is 14.3 Å². The van der Waals surface area contributed by atoms with Crippen LogP contribution >= 0.6 is 0 Å². The van der Waals surface area contributed by atoms with Crippen molar-refractivity contribution in [2.45, 2.75) is 32.6 Å². The van der Waals surface area contributed by atoms with E-state index in [-0.39, 0.29) is 6.61 Å². The first-order valence-electron chi connectivity index (χ1n) is 6.26. The quantitative estimate of drug-likeness (QED) is 0.426. The average Bonchev–Trinajstić information content (AvgIpc) is 2.36. The number of piperidine rings is 1. The highest BCUT2D eigenvalue weighted by Gasteiger charge is 2.28. The summed E-state index contributed by atoms with van der Waals surface area (Å²) in [4.78, 5) is 24.7. The van der Waals surface area contributed by atoms with Crippen LogP contribution in [0.25, 0.3) is 0 Å². The number of amides is 1. The number of hydrogen-bond acceptors (Lipinski definition) is 3. The number of carbonyl (C=O) groups is 2. The Morgan fingerprint density at radius 3 is 2.94 bits per heavy atom. The standard InChI is InChI=1S/C13H21NO3/c1-3-5-7-11-8-6-9-14(10-11)12(15)13(16)17-4-2/h3,11H,1,4-10H2,2H3. The van der Waals surface area contributed by atoms with Crippen molar-refractivity contribution in [3.63, 3.8) is 0 Å². The zero-order valence-electron chi connectivity index (χ0n) is 10.5. The molecule has 4 nitrogen and oxygen atoms in total. The Bertz CT molecular complexity index is 288. The second-order valence-corrected chi connectivity index (χ2v) is 4.35. The topological polar surface area (TPSA) is 46.6 Å². The molecule has 96 valence electrons. The Labute approximate surface area is 103 Å². The van der Waals surface area contributed by atoms with E-state index < -0.39 is 11.9 Å². The number of carbonyl (C=O) groups excluding carboxylic acids is 2. The molecule has 1 aliphatic heterocycles. The van der Waals surface area contributed by atoms with Gasteiger partial charge in [0.05, 0.1) is 6.61 Å². The van der Waals surface area contributed by atoms with Crippen LogP contribution in [0.5, 0.6) is 0 Å². The third-order valence-electron chi connectivity index (χ3n) is 3.04. The number of likely N-dealkylation sites (tertiary alicyclic amines) is 1. The minimum Gasteiger partial charge on any atom is -0.459 e. The van der Waals surface area contributed by atoms with E-state index >= 15 is 0 Å². The Morgan fingerprint density at radius 1 is 1.53 bits per heavy atom. The van der Waals surface area contributed by atoms with Gasteiger partial charge < -0.3 is 9.64 Å². The molecule has 1 amide bonds. The zero-order valence-corrected chi connectivity index (χ0v) is 10.5. The van der Waals surface area contributed by atoms with E-state index in [0.29, 0.717) is 19.0 Å². The van der Waals surface area contributed by atoms with Gasteiger partial charge in [-0.2, -0.15) is 0 Å². The summed E-state index contributed by atoms with van der Waals surface area (Å²) >= 11 is 0. The molecule has 0 aliphatic carbocycles. The molecule has 0 spiro atoms. The first kappa shape index (κ1) is 13.7. The molecule has 1 aliphatic rings. The maximum absolute atomic E-state index is 11.7. The van der Waals surface area contributed by atoms with Gasteiger partial charge in [-0.05, 0) is 38.5 Å². The van der Waals surface area contributed by atoms with Crippen LogP contribution in [0.3, 0.4) is 0 Å². The molecule has 0 bridgehead atoms. The summed E-state index contributed by atoms with van der Waals surface area (Å²) in [5.74, 6) is -0.729. The van der Waals surface area contributed by atoms with E-state index in [1.54, 1.807) is 11.8 Å². The third kappa shape index (κ3) is 4.21. The smallest absolute Gasteiger partial charge is 0.397 e. The molecule has 1 saturated heterocycles. The highest BCUT2D eigenvalue weighted by Crippen LogP contribution is 2.21. The van der Waals surface area contributed by atoms with Crippen LogP contribution in [0.1, 0.15) is 32.6 Å². The molecule has 0 radical (unpaired) electrons. The fourth-order valence-corrected chi connectivity index (χ4v) is 2.16. The molecule has 0 aromatic carbocycles. The minimum absolute atomic E-state index is 0.248. The lowest BCUT2D eigenvalue weighted by molar-refractivity contribution is -0.160. The monoisotopic (exact) mass is 239 g/mol. The Hall–Kier alpha value is -1.32. The Morgan fingerprint density at radius 2 is 2.29 bits per heavy atom. The summed E-state index contributed by atoms with van der Waals surface area (Å²) < 4.78 is 4.73. The number of hydrogen-bond donors (Lipinski definition) is 0. The van der Waals surface area contributed by atoms with Crippen molar-refractivity contribution in [1.82, 2.24) is 4.90 Å². The molecule has 1 fully saturated rings. The number of esters is 1. The third-order valence-corrected chi connectivity index (χ3v) is 3.04. The van der Waals surface area contributed by atoms with Crippen LogP contribution in [0.4, 0.5) is 0 Å². The highest BCUT2D eigenvalue weighted by atomic mass is 16.5. The molecule has 4 heteroatoms. The van der Waals surface area contributed by atoms with Gasteiger partial charge in [-0.25, -0.2) is 4.79 Å². The molecular weight excluding hydrogens is 218 g/mol. The van der Waals surface area contributed by atoms with Gasteiger partial charge in [-0.3, -0.25) is 4.79 Å². The van der Waals surface area contributed by atoms with Crippen LogP contribution in [-0.2, 0) is 14.3 Å². The molecule has 0 aromatic heterocycles. The predicted molar refractivity (Wildman–Crippen MR) is 65.4 cm³/mol. The van der Waals surface area contributed by atoms with Gasteiger partial charge in [0.15, 0.2) is 0 Å². The Balaban J connectivity index is 2.45. The van der Waals surface area contributed by atoms with Gasteiger partial charge in [0, 0.05) is 13.1 Å². The van der Waals surface area contributed by atoms with Crippen LogP contribution in [0.2, 0.25) is 0 Å². The van der Waals surface area contributed by atoms with Crippen molar-refractivity contribution in [2.24, 2.45) is 5.92 Å². The van der Waals surface area contributed by atoms with Gasteiger partial charge in [0.2, 0.25) is 0 Å². The fraction of sp³-hybridized carbons (Fsp3) is 0.692. The second kappa shape index (κ2) is 7.09. The van der Waals surface area contributed by atoms with E-state index in [2.05, 4.69) is 6.58 Å². The Kier molecular flexibility index (Phi) is 5.73. The lowest BCUT2D eigenvalue weighted by Gasteiger charge is -2.31. The van der Waals surface area contributed by atoms with E-state index in [1.165, 1.54) is 0 Å². The van der Waals surface area contributed by atoms with Crippen molar-refractivity contribution in [3.8, 4) is 0 Å². The van der Waals surface area contributed by atoms with Crippen molar-refractivity contribution in [1.29, 1.82) is 0 Å². The minimum atomic E-state index is -0.725. The lowest BCUT2D eigenvalue weighted by atomic mass is 9.93. The molecule has 0 saturated carbocycles. The number of allylic oxidation sites excluding steroid dienone is 1. The van der Waals surface area contributed by atoms with Crippen molar-refractivity contribution in [2.75, 3.05) is 19.7 Å². The lowest BCUT2D eigenvalue weighted by Crippen LogP contribution is -2.43. The van der Waals surface area contributed by atoms with Gasteiger partial charge >= 0.3 is 11.9 Å². The predicted octanol–water partition coefficient (Wildman–Crippen LogP) is 1.75. The van der Waals surface area contributed by atoms with Gasteiger partial charge in [-0.1, -0.05) is 6.08 Å². The van der Waals surface area contributed by atoms with Gasteiger partial charge in [0.25, 0.3) is 0 Å². The maximum atomic E-state index is 11.7. The number of rotatable bonds is 4. The van der Waals surface area contributed by atoms with E-state index in [4.69, 9.17) is 4.74 Å². The summed E-state index contributed by atoms with van der Waals surface area (Å²) in [5, 5.41) is 0. The molecule has 1 atom stereocenters. The van der Waals surface area contributed by atoms with E-state index in [9.17, 15) is 9.59 Å². The molecule has 1 heterocycles. The summed E-state index contributed by atoms with van der Waals surface area (Å²) in [7, 11) is 0. The van der Waals surface area contributed by atoms with Crippen LogP contribution < -0.4 is 0 Å². The number of ether oxygens (including phenoxy) is 1. The largest absolute Gasteiger partial charge is 0.459 e. The van der Waals surface area contributed by atoms with Crippen LogP contribution in [0.15, 0.2) is 12.7 Å². The molecule has 1 unspecified atom stereocenters. The molecule has 1 rings (SSSR count). The molecular formula is C13H21NO3. The molecule has 0 aromatic rings. The first-order chi connectivity index (χ1) is 8.19. The fourth-order valence-electron chi connectivity index (χ4n) is 2.16. The maximum Gasteiger partial charge on any atom is 0.397 e. The van der Waals surface area contributed by atoms with Crippen molar-refractivity contribution in [3.05, 3.63) is 12.7 Å². The SMILES string of the molecule is C=CCCC1CCCN(C(=O)C(=O)OCC)C1. The average molecular weight is 239 g/mol. The molecule has 0 N–H and O–H groups in total.